The number of ether oxygens (including phenoxy) is 2. The lowest BCUT2D eigenvalue weighted by Crippen LogP contribution is -2.24. The van der Waals surface area contributed by atoms with Gasteiger partial charge in [0.2, 0.25) is 0 Å². The van der Waals surface area contributed by atoms with E-state index in [1.807, 2.05) is 19.9 Å². The van der Waals surface area contributed by atoms with Gasteiger partial charge in [0.05, 0.1) is 5.69 Å². The van der Waals surface area contributed by atoms with Crippen LogP contribution in [0, 0.1) is 25.5 Å². The number of anilines is 1. The van der Waals surface area contributed by atoms with Crippen molar-refractivity contribution in [3.8, 4) is 5.75 Å². The van der Waals surface area contributed by atoms with Crippen molar-refractivity contribution in [2.75, 3.05) is 18.5 Å². The van der Waals surface area contributed by atoms with Crippen LogP contribution in [0.3, 0.4) is 0 Å². The molecule has 0 aliphatic heterocycles. The van der Waals surface area contributed by atoms with Gasteiger partial charge in [0.15, 0.2) is 13.2 Å². The average Bonchev–Trinajstić information content (AvgIpc) is 2.57. The van der Waals surface area contributed by atoms with Gasteiger partial charge in [-0.15, -0.1) is 0 Å². The molecule has 7 heteroatoms. The van der Waals surface area contributed by atoms with Crippen LogP contribution in [0.4, 0.5) is 14.5 Å². The molecular formula is C18H17F2NO4. The van der Waals surface area contributed by atoms with Crippen LogP contribution in [0.15, 0.2) is 36.4 Å². The lowest BCUT2D eigenvalue weighted by atomic mass is 10.1. The lowest BCUT2D eigenvalue weighted by molar-refractivity contribution is -0.149. The Bertz CT molecular complexity index is 793. The summed E-state index contributed by atoms with van der Waals surface area (Å²) in [7, 11) is 0. The van der Waals surface area contributed by atoms with E-state index in [0.717, 1.165) is 29.3 Å². The predicted octanol–water partition coefficient (Wildman–Crippen LogP) is 3.14. The Morgan fingerprint density at radius 3 is 2.60 bits per heavy atom. The highest BCUT2D eigenvalue weighted by Gasteiger charge is 2.12. The van der Waals surface area contributed by atoms with E-state index in [9.17, 15) is 18.4 Å². The molecule has 0 atom stereocenters. The maximum atomic E-state index is 13.4. The highest BCUT2D eigenvalue weighted by Crippen LogP contribution is 2.20. The number of halogens is 2. The number of aryl methyl sites for hydroxylation is 1. The molecule has 2 aromatic carbocycles. The molecule has 5 nitrogen and oxygen atoms in total. The van der Waals surface area contributed by atoms with E-state index in [0.29, 0.717) is 5.75 Å². The SMILES string of the molecule is Cc1cccc(OCC(=O)OCC(=O)Nc2cc(F)ccc2F)c1C. The minimum atomic E-state index is -0.792. The third-order valence-electron chi connectivity index (χ3n) is 3.47. The van der Waals surface area contributed by atoms with Crippen LogP contribution in [0.2, 0.25) is 0 Å². The van der Waals surface area contributed by atoms with E-state index in [-0.39, 0.29) is 12.3 Å². The number of carbonyl (C=O) groups is 2. The summed E-state index contributed by atoms with van der Waals surface area (Å²) in [5.74, 6) is -2.49. The van der Waals surface area contributed by atoms with Crippen LogP contribution in [-0.4, -0.2) is 25.1 Å². The minimum absolute atomic E-state index is 0.326. The molecule has 1 N–H and O–H groups in total. The molecule has 0 aromatic heterocycles. The van der Waals surface area contributed by atoms with Gasteiger partial charge in [-0.2, -0.15) is 0 Å². The molecule has 0 saturated carbocycles. The van der Waals surface area contributed by atoms with Gasteiger partial charge in [-0.3, -0.25) is 4.79 Å². The van der Waals surface area contributed by atoms with Gasteiger partial charge < -0.3 is 14.8 Å². The first-order valence-electron chi connectivity index (χ1n) is 7.46. The number of benzene rings is 2. The van der Waals surface area contributed by atoms with Gasteiger partial charge >= 0.3 is 5.97 Å². The van der Waals surface area contributed by atoms with Crippen LogP contribution in [0.1, 0.15) is 11.1 Å². The first-order chi connectivity index (χ1) is 11.9. The first-order valence-corrected chi connectivity index (χ1v) is 7.46. The Balaban J connectivity index is 1.80. The van der Waals surface area contributed by atoms with Crippen molar-refractivity contribution >= 4 is 17.6 Å². The number of hydrogen-bond acceptors (Lipinski definition) is 4. The molecule has 0 aliphatic rings. The van der Waals surface area contributed by atoms with E-state index in [2.05, 4.69) is 5.32 Å². The second-order valence-electron chi connectivity index (χ2n) is 5.32. The summed E-state index contributed by atoms with van der Waals surface area (Å²) >= 11 is 0. The Morgan fingerprint density at radius 1 is 1.08 bits per heavy atom. The second kappa shape index (κ2) is 8.23. The molecule has 25 heavy (non-hydrogen) atoms. The highest BCUT2D eigenvalue weighted by molar-refractivity contribution is 5.92. The fourth-order valence-corrected chi connectivity index (χ4v) is 1.98. The quantitative estimate of drug-likeness (QED) is 0.814. The maximum absolute atomic E-state index is 13.4. The van der Waals surface area contributed by atoms with Crippen LogP contribution in [0.25, 0.3) is 0 Å². The standard InChI is InChI=1S/C18H17F2NO4/c1-11-4-3-5-16(12(11)2)24-10-18(23)25-9-17(22)21-15-8-13(19)6-7-14(15)20/h3-8H,9-10H2,1-2H3,(H,21,22). The van der Waals surface area contributed by atoms with Gasteiger partial charge in [-0.05, 0) is 43.2 Å². The summed E-state index contributed by atoms with van der Waals surface area (Å²) in [6, 6.07) is 8.07. The Kier molecular flexibility index (Phi) is 6.05. The molecule has 0 heterocycles. The molecule has 0 aliphatic carbocycles. The monoisotopic (exact) mass is 349 g/mol. The number of esters is 1. The zero-order valence-corrected chi connectivity index (χ0v) is 13.8. The molecular weight excluding hydrogens is 332 g/mol. The van der Waals surface area contributed by atoms with Gasteiger partial charge in [-0.1, -0.05) is 12.1 Å². The highest BCUT2D eigenvalue weighted by atomic mass is 19.1. The van der Waals surface area contributed by atoms with Crippen molar-refractivity contribution in [1.29, 1.82) is 0 Å². The van der Waals surface area contributed by atoms with E-state index in [4.69, 9.17) is 9.47 Å². The minimum Gasteiger partial charge on any atom is -0.482 e. The van der Waals surface area contributed by atoms with E-state index in [1.54, 1.807) is 12.1 Å². The Labute approximate surface area is 143 Å². The normalized spacial score (nSPS) is 10.2. The largest absolute Gasteiger partial charge is 0.482 e. The topological polar surface area (TPSA) is 64.6 Å². The fraction of sp³-hybridized carbons (Fsp3) is 0.222. The van der Waals surface area contributed by atoms with Gasteiger partial charge in [0.1, 0.15) is 17.4 Å². The Hall–Kier alpha value is -2.96. The number of amides is 1. The molecule has 132 valence electrons. The molecule has 0 radical (unpaired) electrons. The van der Waals surface area contributed by atoms with Gasteiger partial charge in [0, 0.05) is 6.07 Å². The first kappa shape index (κ1) is 18.4. The van der Waals surface area contributed by atoms with Crippen molar-refractivity contribution in [2.24, 2.45) is 0 Å². The third-order valence-corrected chi connectivity index (χ3v) is 3.47. The van der Waals surface area contributed by atoms with Crippen molar-refractivity contribution in [3.63, 3.8) is 0 Å². The zero-order chi connectivity index (χ0) is 18.4. The van der Waals surface area contributed by atoms with Crippen LogP contribution >= 0.6 is 0 Å². The summed E-state index contributed by atoms with van der Waals surface area (Å²) in [5.41, 5.74) is 1.59. The number of nitrogens with one attached hydrogen (secondary N) is 1. The predicted molar refractivity (Wildman–Crippen MR) is 87.4 cm³/mol. The van der Waals surface area contributed by atoms with E-state index < -0.39 is 30.1 Å². The molecule has 2 rings (SSSR count). The average molecular weight is 349 g/mol. The molecule has 0 saturated heterocycles. The second-order valence-corrected chi connectivity index (χ2v) is 5.32. The summed E-state index contributed by atoms with van der Waals surface area (Å²) < 4.78 is 36.5. The van der Waals surface area contributed by atoms with E-state index in [1.165, 1.54) is 0 Å². The summed E-state index contributed by atoms with van der Waals surface area (Å²) in [4.78, 5) is 23.3. The fourth-order valence-electron chi connectivity index (χ4n) is 1.98. The molecule has 1 amide bonds. The van der Waals surface area contributed by atoms with Crippen LogP contribution in [0.5, 0.6) is 5.75 Å². The summed E-state index contributed by atoms with van der Waals surface area (Å²) in [6.45, 7) is 2.77. The number of rotatable bonds is 6. The molecule has 0 unspecified atom stereocenters. The van der Waals surface area contributed by atoms with Crippen LogP contribution in [-0.2, 0) is 14.3 Å². The summed E-state index contributed by atoms with van der Waals surface area (Å²) in [5, 5.41) is 2.12. The molecule has 2 aromatic rings. The van der Waals surface area contributed by atoms with E-state index >= 15 is 0 Å². The number of carbonyl (C=O) groups excluding carboxylic acids is 2. The van der Waals surface area contributed by atoms with Crippen molar-refractivity contribution in [1.82, 2.24) is 0 Å². The molecule has 0 bridgehead atoms. The molecule has 0 fully saturated rings. The number of hydrogen-bond donors (Lipinski definition) is 1. The molecule has 0 spiro atoms. The maximum Gasteiger partial charge on any atom is 0.344 e. The Morgan fingerprint density at radius 2 is 1.84 bits per heavy atom. The smallest absolute Gasteiger partial charge is 0.344 e. The van der Waals surface area contributed by atoms with Crippen molar-refractivity contribution < 1.29 is 27.8 Å². The van der Waals surface area contributed by atoms with Crippen LogP contribution < -0.4 is 10.1 Å². The summed E-state index contributed by atoms with van der Waals surface area (Å²) in [6.07, 6.45) is 0. The van der Waals surface area contributed by atoms with Crippen molar-refractivity contribution in [2.45, 2.75) is 13.8 Å². The van der Waals surface area contributed by atoms with Gasteiger partial charge in [0.25, 0.3) is 5.91 Å². The van der Waals surface area contributed by atoms with Crippen molar-refractivity contribution in [3.05, 3.63) is 59.2 Å². The lowest BCUT2D eigenvalue weighted by Gasteiger charge is -2.11. The zero-order valence-electron chi connectivity index (χ0n) is 13.8. The third kappa shape index (κ3) is 5.27. The van der Waals surface area contributed by atoms with Gasteiger partial charge in [-0.25, -0.2) is 13.6 Å².